The number of anilines is 4. The van der Waals surface area contributed by atoms with E-state index in [1.165, 1.54) is 11.9 Å². The monoisotopic (exact) mass is 301 g/mol. The Bertz CT molecular complexity index is 586. The zero-order valence-corrected chi connectivity index (χ0v) is 13.1. The molecule has 22 heavy (non-hydrogen) atoms. The SMILES string of the molecule is CCc1ccc(Nc2ncnc(NCCCOC)c2N)cc1. The van der Waals surface area contributed by atoms with Crippen molar-refractivity contribution in [2.75, 3.05) is 36.6 Å². The summed E-state index contributed by atoms with van der Waals surface area (Å²) in [4.78, 5) is 8.39. The lowest BCUT2D eigenvalue weighted by Gasteiger charge is -2.12. The first-order valence-corrected chi connectivity index (χ1v) is 7.43. The van der Waals surface area contributed by atoms with Gasteiger partial charge in [-0.15, -0.1) is 0 Å². The number of nitrogens with one attached hydrogen (secondary N) is 2. The van der Waals surface area contributed by atoms with Crippen molar-refractivity contribution in [3.8, 4) is 0 Å². The number of nitrogens with two attached hydrogens (primary N) is 1. The normalized spacial score (nSPS) is 10.5. The van der Waals surface area contributed by atoms with Gasteiger partial charge in [-0.05, 0) is 30.5 Å². The molecule has 0 radical (unpaired) electrons. The van der Waals surface area contributed by atoms with Crippen LogP contribution in [-0.4, -0.2) is 30.2 Å². The van der Waals surface area contributed by atoms with E-state index in [0.29, 0.717) is 23.9 Å². The maximum atomic E-state index is 6.12. The van der Waals surface area contributed by atoms with Gasteiger partial charge in [0.15, 0.2) is 11.6 Å². The van der Waals surface area contributed by atoms with Crippen LogP contribution in [0.25, 0.3) is 0 Å². The highest BCUT2D eigenvalue weighted by molar-refractivity contribution is 5.77. The number of nitrogen functional groups attached to an aromatic ring is 1. The third kappa shape index (κ3) is 4.33. The summed E-state index contributed by atoms with van der Waals surface area (Å²) >= 11 is 0. The molecule has 6 heteroatoms. The number of aryl methyl sites for hydroxylation is 1. The molecule has 0 saturated heterocycles. The first kappa shape index (κ1) is 16.0. The molecule has 118 valence electrons. The average molecular weight is 301 g/mol. The minimum Gasteiger partial charge on any atom is -0.393 e. The minimum absolute atomic E-state index is 0.513. The Morgan fingerprint density at radius 2 is 1.86 bits per heavy atom. The number of methoxy groups -OCH3 is 1. The van der Waals surface area contributed by atoms with Crippen molar-refractivity contribution in [2.45, 2.75) is 19.8 Å². The van der Waals surface area contributed by atoms with Gasteiger partial charge in [0.05, 0.1) is 0 Å². The molecule has 0 spiro atoms. The molecule has 0 unspecified atom stereocenters. The van der Waals surface area contributed by atoms with Gasteiger partial charge in [-0.2, -0.15) is 0 Å². The Morgan fingerprint density at radius 1 is 1.14 bits per heavy atom. The highest BCUT2D eigenvalue weighted by Crippen LogP contribution is 2.25. The number of rotatable bonds is 8. The first-order valence-electron chi connectivity index (χ1n) is 7.43. The molecule has 1 aromatic heterocycles. The number of ether oxygens (including phenoxy) is 1. The van der Waals surface area contributed by atoms with Crippen molar-refractivity contribution < 1.29 is 4.74 Å². The maximum Gasteiger partial charge on any atom is 0.159 e. The summed E-state index contributed by atoms with van der Waals surface area (Å²) in [5.74, 6) is 1.24. The third-order valence-corrected chi connectivity index (χ3v) is 3.33. The molecular weight excluding hydrogens is 278 g/mol. The fraction of sp³-hybridized carbons (Fsp3) is 0.375. The summed E-state index contributed by atoms with van der Waals surface area (Å²) in [5, 5.41) is 6.42. The van der Waals surface area contributed by atoms with Crippen LogP contribution in [-0.2, 0) is 11.2 Å². The lowest BCUT2D eigenvalue weighted by molar-refractivity contribution is 0.198. The Hall–Kier alpha value is -2.34. The van der Waals surface area contributed by atoms with E-state index in [-0.39, 0.29) is 0 Å². The van der Waals surface area contributed by atoms with Gasteiger partial charge in [0.1, 0.15) is 12.0 Å². The molecule has 0 atom stereocenters. The molecule has 1 aromatic carbocycles. The summed E-state index contributed by atoms with van der Waals surface area (Å²) < 4.78 is 5.02. The van der Waals surface area contributed by atoms with Crippen LogP contribution in [0.1, 0.15) is 18.9 Å². The summed E-state index contributed by atoms with van der Waals surface area (Å²) in [5.41, 5.74) is 8.88. The molecule has 0 aliphatic heterocycles. The van der Waals surface area contributed by atoms with Crippen LogP contribution in [0.2, 0.25) is 0 Å². The second kappa shape index (κ2) is 8.19. The van der Waals surface area contributed by atoms with Crippen LogP contribution in [0.15, 0.2) is 30.6 Å². The van der Waals surface area contributed by atoms with E-state index in [0.717, 1.165) is 25.1 Å². The highest BCUT2D eigenvalue weighted by Gasteiger charge is 2.07. The van der Waals surface area contributed by atoms with E-state index in [1.54, 1.807) is 7.11 Å². The largest absolute Gasteiger partial charge is 0.393 e. The van der Waals surface area contributed by atoms with E-state index in [9.17, 15) is 0 Å². The van der Waals surface area contributed by atoms with Gasteiger partial charge in [0, 0.05) is 25.9 Å². The smallest absolute Gasteiger partial charge is 0.159 e. The standard InChI is InChI=1S/C16H23N5O/c1-3-12-5-7-13(8-6-12)21-16-14(17)15(19-11-20-16)18-9-4-10-22-2/h5-8,11H,3-4,9-10,17H2,1-2H3,(H2,18,19,20,21). The number of hydrogen-bond acceptors (Lipinski definition) is 6. The van der Waals surface area contributed by atoms with E-state index in [4.69, 9.17) is 10.5 Å². The van der Waals surface area contributed by atoms with Crippen LogP contribution < -0.4 is 16.4 Å². The number of nitrogens with zero attached hydrogens (tertiary/aromatic N) is 2. The molecular formula is C16H23N5O. The molecule has 4 N–H and O–H groups in total. The fourth-order valence-corrected chi connectivity index (χ4v) is 2.02. The number of benzene rings is 1. The van der Waals surface area contributed by atoms with Crippen molar-refractivity contribution in [3.05, 3.63) is 36.2 Å². The Kier molecular flexibility index (Phi) is 5.97. The van der Waals surface area contributed by atoms with Gasteiger partial charge >= 0.3 is 0 Å². The van der Waals surface area contributed by atoms with Crippen LogP contribution in [0.3, 0.4) is 0 Å². The van der Waals surface area contributed by atoms with Crippen LogP contribution in [0.5, 0.6) is 0 Å². The quantitative estimate of drug-likeness (QED) is 0.650. The predicted molar refractivity (Wildman–Crippen MR) is 90.5 cm³/mol. The molecule has 2 aromatic rings. The van der Waals surface area contributed by atoms with Gasteiger partial charge < -0.3 is 21.1 Å². The van der Waals surface area contributed by atoms with E-state index < -0.39 is 0 Å². The van der Waals surface area contributed by atoms with E-state index in [1.807, 2.05) is 12.1 Å². The summed E-state index contributed by atoms with van der Waals surface area (Å²) in [7, 11) is 1.69. The summed E-state index contributed by atoms with van der Waals surface area (Å²) in [6.45, 7) is 3.58. The Labute approximate surface area is 131 Å². The minimum atomic E-state index is 0.513. The molecule has 2 rings (SSSR count). The first-order chi connectivity index (χ1) is 10.7. The summed E-state index contributed by atoms with van der Waals surface area (Å²) in [6.07, 6.45) is 3.41. The van der Waals surface area contributed by atoms with Crippen molar-refractivity contribution in [1.82, 2.24) is 9.97 Å². The number of aromatic nitrogens is 2. The van der Waals surface area contributed by atoms with Gasteiger partial charge in [0.2, 0.25) is 0 Å². The van der Waals surface area contributed by atoms with Crippen molar-refractivity contribution in [2.24, 2.45) is 0 Å². The van der Waals surface area contributed by atoms with Crippen LogP contribution >= 0.6 is 0 Å². The fourth-order valence-electron chi connectivity index (χ4n) is 2.02. The molecule has 1 heterocycles. The molecule has 0 saturated carbocycles. The second-order valence-electron chi connectivity index (χ2n) is 4.93. The average Bonchev–Trinajstić information content (AvgIpc) is 2.55. The molecule has 0 aliphatic carbocycles. The maximum absolute atomic E-state index is 6.12. The lowest BCUT2D eigenvalue weighted by Crippen LogP contribution is -2.10. The molecule has 0 fully saturated rings. The Balaban J connectivity index is 2.04. The molecule has 0 aliphatic rings. The van der Waals surface area contributed by atoms with Gasteiger partial charge in [-0.25, -0.2) is 9.97 Å². The van der Waals surface area contributed by atoms with Crippen molar-refractivity contribution >= 4 is 23.0 Å². The second-order valence-corrected chi connectivity index (χ2v) is 4.93. The molecule has 0 amide bonds. The van der Waals surface area contributed by atoms with Crippen LogP contribution in [0, 0.1) is 0 Å². The lowest BCUT2D eigenvalue weighted by atomic mass is 10.1. The zero-order chi connectivity index (χ0) is 15.8. The van der Waals surface area contributed by atoms with Gasteiger partial charge in [-0.1, -0.05) is 19.1 Å². The van der Waals surface area contributed by atoms with Gasteiger partial charge in [-0.3, -0.25) is 0 Å². The highest BCUT2D eigenvalue weighted by atomic mass is 16.5. The molecule has 0 bridgehead atoms. The topological polar surface area (TPSA) is 85.1 Å². The molecule has 6 nitrogen and oxygen atoms in total. The Morgan fingerprint density at radius 3 is 2.55 bits per heavy atom. The predicted octanol–water partition coefficient (Wildman–Crippen LogP) is 2.81. The zero-order valence-electron chi connectivity index (χ0n) is 13.1. The van der Waals surface area contributed by atoms with Crippen LogP contribution in [0.4, 0.5) is 23.0 Å². The van der Waals surface area contributed by atoms with Crippen molar-refractivity contribution in [1.29, 1.82) is 0 Å². The van der Waals surface area contributed by atoms with E-state index in [2.05, 4.69) is 39.7 Å². The van der Waals surface area contributed by atoms with Crippen molar-refractivity contribution in [3.63, 3.8) is 0 Å². The summed E-state index contributed by atoms with van der Waals surface area (Å²) in [6, 6.07) is 8.21. The van der Waals surface area contributed by atoms with E-state index >= 15 is 0 Å². The van der Waals surface area contributed by atoms with Gasteiger partial charge in [0.25, 0.3) is 0 Å². The number of hydrogen-bond donors (Lipinski definition) is 3. The third-order valence-electron chi connectivity index (χ3n) is 3.33.